The second-order valence-corrected chi connectivity index (χ2v) is 14.5. The van der Waals surface area contributed by atoms with Gasteiger partial charge in [-0.25, -0.2) is 9.97 Å². The number of aryl methyl sites for hydroxylation is 2. The number of unbranched alkanes of at least 4 members (excludes halogenated alkanes) is 2. The molecule has 0 saturated carbocycles. The Morgan fingerprint density at radius 3 is 1.78 bits per heavy atom. The molecule has 0 aliphatic carbocycles. The summed E-state index contributed by atoms with van der Waals surface area (Å²) in [4.78, 5) is 45.4. The number of nitrogens with zero attached hydrogens (tertiary/aromatic N) is 3. The molecule has 0 radical (unpaired) electrons. The van der Waals surface area contributed by atoms with Crippen molar-refractivity contribution in [1.82, 2.24) is 15.3 Å². The van der Waals surface area contributed by atoms with Crippen molar-refractivity contribution in [2.75, 3.05) is 64.1 Å². The molecule has 1 aliphatic heterocycles. The Labute approximate surface area is 323 Å². The van der Waals surface area contributed by atoms with Gasteiger partial charge in [-0.15, -0.1) is 0 Å². The normalized spacial score (nSPS) is 15.1. The second kappa shape index (κ2) is 22.2. The number of carbonyl (C=O) groups excluding carboxylic acids is 3. The summed E-state index contributed by atoms with van der Waals surface area (Å²) >= 11 is 6.06. The molecular formula is C40H56ClN6O7+. The Hall–Kier alpha value is -4.30. The lowest BCUT2D eigenvalue weighted by Crippen LogP contribution is -2.60. The number of rotatable bonds is 24. The minimum absolute atomic E-state index is 0.0204. The van der Waals surface area contributed by atoms with Gasteiger partial charge in [0, 0.05) is 38.9 Å². The fourth-order valence-electron chi connectivity index (χ4n) is 6.90. The van der Waals surface area contributed by atoms with Crippen LogP contribution in [-0.4, -0.2) is 101 Å². The van der Waals surface area contributed by atoms with E-state index in [0.29, 0.717) is 50.0 Å². The van der Waals surface area contributed by atoms with Crippen LogP contribution in [0.15, 0.2) is 48.5 Å². The zero-order valence-corrected chi connectivity index (χ0v) is 31.9. The lowest BCUT2D eigenvalue weighted by molar-refractivity contribution is -0.933. The van der Waals surface area contributed by atoms with Crippen LogP contribution >= 0.6 is 11.6 Å². The van der Waals surface area contributed by atoms with Crippen LogP contribution in [-0.2, 0) is 22.4 Å². The van der Waals surface area contributed by atoms with Gasteiger partial charge in [-0.3, -0.25) is 14.4 Å². The third-order valence-corrected chi connectivity index (χ3v) is 10.1. The number of hydrogen-bond donors (Lipinski definition) is 5. The number of piperidine rings is 1. The van der Waals surface area contributed by atoms with Gasteiger partial charge in [0.15, 0.2) is 34.0 Å². The van der Waals surface area contributed by atoms with Crippen LogP contribution in [0.4, 0.5) is 11.6 Å². The van der Waals surface area contributed by atoms with E-state index in [4.69, 9.17) is 42.8 Å². The average molecular weight is 768 g/mol. The van der Waals surface area contributed by atoms with Gasteiger partial charge in [-0.2, -0.15) is 0 Å². The lowest BCUT2D eigenvalue weighted by atomic mass is 9.99. The predicted molar refractivity (Wildman–Crippen MR) is 208 cm³/mol. The summed E-state index contributed by atoms with van der Waals surface area (Å²) in [5.74, 6) is 0.844. The molecule has 2 heterocycles. The molecule has 3 aromatic rings. The number of nitrogen functional groups attached to an aromatic ring is 2. The third kappa shape index (κ3) is 14.2. The van der Waals surface area contributed by atoms with E-state index in [9.17, 15) is 14.4 Å². The van der Waals surface area contributed by atoms with Crippen molar-refractivity contribution in [3.8, 4) is 11.5 Å². The molecule has 294 valence electrons. The molecule has 1 saturated heterocycles. The van der Waals surface area contributed by atoms with E-state index in [2.05, 4.69) is 15.3 Å². The van der Waals surface area contributed by atoms with E-state index in [1.165, 1.54) is 11.1 Å². The molecule has 1 amide bonds. The van der Waals surface area contributed by atoms with Crippen molar-refractivity contribution >= 4 is 40.7 Å². The summed E-state index contributed by atoms with van der Waals surface area (Å²) in [5.41, 5.74) is 14.0. The summed E-state index contributed by atoms with van der Waals surface area (Å²) in [6.07, 6.45) is 8.77. The molecule has 7 N–H and O–H groups in total. The Morgan fingerprint density at radius 2 is 1.28 bits per heavy atom. The van der Waals surface area contributed by atoms with E-state index < -0.39 is 5.91 Å². The van der Waals surface area contributed by atoms with E-state index in [1.807, 2.05) is 48.5 Å². The first-order chi connectivity index (χ1) is 26.1. The molecule has 4 rings (SSSR count). The van der Waals surface area contributed by atoms with Crippen LogP contribution in [0, 0.1) is 0 Å². The molecular weight excluding hydrogens is 712 g/mol. The second-order valence-electron chi connectivity index (χ2n) is 14.2. The summed E-state index contributed by atoms with van der Waals surface area (Å²) in [7, 11) is 0. The summed E-state index contributed by atoms with van der Waals surface area (Å²) < 4.78 is 12.2. The molecule has 13 nitrogen and oxygen atoms in total. The quantitative estimate of drug-likeness (QED) is 0.0636. The number of quaternary nitrogens is 1. The Bertz CT molecular complexity index is 1570. The number of aliphatic hydroxyl groups is 2. The molecule has 54 heavy (non-hydrogen) atoms. The number of ketones is 2. The standard InChI is InChI=1S/C40H55ClN6O7/c41-37-39(43)46-38(42)36(45-37)40(52)44-31-10-7-23-47(26-31,21-5-8-29-13-17-34(18-14-29)53-27-32(50)11-1-3-24-48)22-6-9-30-15-19-35(20-16-30)54-28-33(51)12-2-4-25-49/h13-20,31,48-49H,1-12,21-28H2,(H4-,42,43,44,46,52)/p+1/t31-/m0/s1. The Balaban J connectivity index is 1.35. The maximum absolute atomic E-state index is 13.3. The fraction of sp³-hybridized carbons (Fsp3) is 0.525. The number of ether oxygens (including phenoxy) is 2. The van der Waals surface area contributed by atoms with Crippen LogP contribution in [0.2, 0.25) is 5.15 Å². The number of amides is 1. The van der Waals surface area contributed by atoms with Crippen molar-refractivity contribution < 1.29 is 38.6 Å². The number of halogens is 1. The Kier molecular flexibility index (Phi) is 17.4. The highest BCUT2D eigenvalue weighted by atomic mass is 35.5. The zero-order chi connectivity index (χ0) is 38.8. The maximum atomic E-state index is 13.3. The van der Waals surface area contributed by atoms with Crippen molar-refractivity contribution in [3.05, 3.63) is 70.5 Å². The van der Waals surface area contributed by atoms with Crippen molar-refractivity contribution in [3.63, 3.8) is 0 Å². The predicted octanol–water partition coefficient (Wildman–Crippen LogP) is 4.49. The highest BCUT2D eigenvalue weighted by Gasteiger charge is 2.35. The first-order valence-electron chi connectivity index (χ1n) is 19.0. The summed E-state index contributed by atoms with van der Waals surface area (Å²) in [6, 6.07) is 15.7. The summed E-state index contributed by atoms with van der Waals surface area (Å²) in [6.45, 7) is 3.85. The third-order valence-electron chi connectivity index (χ3n) is 9.82. The molecule has 1 aliphatic rings. The number of nitrogens with one attached hydrogen (secondary N) is 1. The number of nitrogens with two attached hydrogens (primary N) is 2. The first-order valence-corrected chi connectivity index (χ1v) is 19.4. The molecule has 0 unspecified atom stereocenters. The van der Waals surface area contributed by atoms with Crippen molar-refractivity contribution in [1.29, 1.82) is 0 Å². The molecule has 14 heteroatoms. The highest BCUT2D eigenvalue weighted by molar-refractivity contribution is 6.31. The van der Waals surface area contributed by atoms with Gasteiger partial charge in [0.05, 0.1) is 32.2 Å². The van der Waals surface area contributed by atoms with Crippen LogP contribution in [0.25, 0.3) is 0 Å². The number of Topliss-reactive ketones (excluding diaryl/α,β-unsaturated/α-hetero) is 2. The topological polar surface area (TPSA) is 200 Å². The Morgan fingerprint density at radius 1 is 0.759 bits per heavy atom. The lowest BCUT2D eigenvalue weighted by Gasteiger charge is -2.45. The van der Waals surface area contributed by atoms with Gasteiger partial charge in [0.25, 0.3) is 5.91 Å². The van der Waals surface area contributed by atoms with Gasteiger partial charge < -0.3 is 41.0 Å². The molecule has 0 bridgehead atoms. The summed E-state index contributed by atoms with van der Waals surface area (Å²) in [5, 5.41) is 20.9. The van der Waals surface area contributed by atoms with Crippen LogP contribution in [0.1, 0.15) is 85.8 Å². The molecule has 1 aromatic heterocycles. The number of carbonyl (C=O) groups is 3. The SMILES string of the molecule is Nc1nc(N)c(C(=O)N[C@H]2CCC[N+](CCCc3ccc(OCC(=O)CCCCO)cc3)(CCCc3ccc(OCC(=O)CCCCO)cc3)C2)nc1Cl. The monoisotopic (exact) mass is 767 g/mol. The maximum Gasteiger partial charge on any atom is 0.274 e. The van der Waals surface area contributed by atoms with E-state index in [0.717, 1.165) is 69.2 Å². The number of aliphatic hydroxyl groups excluding tert-OH is 2. The van der Waals surface area contributed by atoms with Gasteiger partial charge in [0.1, 0.15) is 24.7 Å². The highest BCUT2D eigenvalue weighted by Crippen LogP contribution is 2.25. The van der Waals surface area contributed by atoms with Gasteiger partial charge in [-0.1, -0.05) is 35.9 Å². The first kappa shape index (κ1) is 42.4. The van der Waals surface area contributed by atoms with Crippen LogP contribution < -0.4 is 26.3 Å². The minimum atomic E-state index is -0.421. The smallest absolute Gasteiger partial charge is 0.274 e. The van der Waals surface area contributed by atoms with E-state index in [1.54, 1.807) is 0 Å². The molecule has 0 spiro atoms. The molecule has 1 fully saturated rings. The number of aromatic nitrogens is 2. The molecule has 2 aromatic carbocycles. The van der Waals surface area contributed by atoms with Crippen LogP contribution in [0.5, 0.6) is 11.5 Å². The van der Waals surface area contributed by atoms with Gasteiger partial charge >= 0.3 is 0 Å². The average Bonchev–Trinajstić information content (AvgIpc) is 3.16. The largest absolute Gasteiger partial charge is 0.486 e. The van der Waals surface area contributed by atoms with E-state index in [-0.39, 0.29) is 66.5 Å². The van der Waals surface area contributed by atoms with Crippen molar-refractivity contribution in [2.24, 2.45) is 0 Å². The number of hydrogen-bond acceptors (Lipinski definition) is 11. The van der Waals surface area contributed by atoms with Crippen LogP contribution in [0.3, 0.4) is 0 Å². The zero-order valence-electron chi connectivity index (χ0n) is 31.1. The van der Waals surface area contributed by atoms with Gasteiger partial charge in [-0.05, 0) is 86.8 Å². The van der Waals surface area contributed by atoms with Crippen molar-refractivity contribution in [2.45, 2.75) is 83.1 Å². The number of benzene rings is 2. The van der Waals surface area contributed by atoms with Gasteiger partial charge in [0.2, 0.25) is 0 Å². The van der Waals surface area contributed by atoms with E-state index >= 15 is 0 Å². The molecule has 1 atom stereocenters. The number of likely N-dealkylation sites (tertiary alicyclic amines) is 1. The fourth-order valence-corrected chi connectivity index (χ4v) is 7.03. The minimum Gasteiger partial charge on any atom is -0.486 e. The number of anilines is 2.